The van der Waals surface area contributed by atoms with E-state index >= 15 is 0 Å². The first-order chi connectivity index (χ1) is 11.7. The van der Waals surface area contributed by atoms with E-state index in [-0.39, 0.29) is 5.56 Å². The van der Waals surface area contributed by atoms with Gasteiger partial charge in [-0.25, -0.2) is 4.68 Å². The van der Waals surface area contributed by atoms with Crippen LogP contribution in [0.15, 0.2) is 59.7 Å². The average Bonchev–Trinajstić information content (AvgIpc) is 2.64. The zero-order valence-corrected chi connectivity index (χ0v) is 13.5. The summed E-state index contributed by atoms with van der Waals surface area (Å²) in [6, 6.07) is 12.5. The lowest BCUT2D eigenvalue weighted by Crippen LogP contribution is -2.22. The van der Waals surface area contributed by atoms with Gasteiger partial charge in [0.25, 0.3) is 5.56 Å². The van der Waals surface area contributed by atoms with E-state index in [4.69, 9.17) is 9.47 Å². The maximum atomic E-state index is 12.1. The second-order valence-corrected chi connectivity index (χ2v) is 5.15. The van der Waals surface area contributed by atoms with Crippen LogP contribution in [0.5, 0.6) is 11.5 Å². The fraction of sp³-hybridized carbons (Fsp3) is 0.167. The van der Waals surface area contributed by atoms with Crippen LogP contribution in [0, 0.1) is 0 Å². The molecule has 6 nitrogen and oxygen atoms in total. The molecule has 0 aliphatic carbocycles. The number of ether oxygens (including phenoxy) is 2. The molecule has 1 aromatic carbocycles. The van der Waals surface area contributed by atoms with Crippen molar-refractivity contribution >= 4 is 0 Å². The topological polar surface area (TPSA) is 66.2 Å². The maximum absolute atomic E-state index is 12.1. The fourth-order valence-electron chi connectivity index (χ4n) is 2.38. The number of rotatable bonds is 5. The maximum Gasteiger partial charge on any atom is 0.267 e. The molecule has 0 saturated heterocycles. The molecule has 3 aromatic rings. The van der Waals surface area contributed by atoms with Crippen LogP contribution in [0.4, 0.5) is 0 Å². The molecule has 0 aliphatic rings. The van der Waals surface area contributed by atoms with Gasteiger partial charge in [-0.1, -0.05) is 6.07 Å². The Hall–Kier alpha value is -3.15. The molecule has 0 amide bonds. The van der Waals surface area contributed by atoms with Crippen molar-refractivity contribution in [2.24, 2.45) is 0 Å². The molecule has 0 saturated carbocycles. The molecular weight excluding hydrogens is 306 g/mol. The molecule has 0 bridgehead atoms. The summed E-state index contributed by atoms with van der Waals surface area (Å²) < 4.78 is 12.0. The second kappa shape index (κ2) is 6.95. The van der Waals surface area contributed by atoms with Crippen LogP contribution >= 0.6 is 0 Å². The first-order valence-electron chi connectivity index (χ1n) is 7.40. The molecular formula is C18H17N3O3. The molecule has 0 atom stereocenters. The lowest BCUT2D eigenvalue weighted by atomic mass is 10.1. The van der Waals surface area contributed by atoms with E-state index in [1.165, 1.54) is 10.7 Å². The SMILES string of the molecule is COc1ccc(-c2ccc(=O)n(Cc3cccnc3)n2)cc1OC. The Balaban J connectivity index is 1.98. The predicted octanol–water partition coefficient (Wildman–Crippen LogP) is 2.37. The van der Waals surface area contributed by atoms with Crippen molar-refractivity contribution in [1.82, 2.24) is 14.8 Å². The summed E-state index contributed by atoms with van der Waals surface area (Å²) >= 11 is 0. The van der Waals surface area contributed by atoms with Crippen LogP contribution in [-0.2, 0) is 6.54 Å². The van der Waals surface area contributed by atoms with E-state index < -0.39 is 0 Å². The molecule has 6 heteroatoms. The van der Waals surface area contributed by atoms with Crippen LogP contribution in [0.1, 0.15) is 5.56 Å². The minimum absolute atomic E-state index is 0.164. The lowest BCUT2D eigenvalue weighted by Gasteiger charge is -2.10. The van der Waals surface area contributed by atoms with Gasteiger partial charge in [0.2, 0.25) is 0 Å². The molecule has 24 heavy (non-hydrogen) atoms. The van der Waals surface area contributed by atoms with E-state index in [0.29, 0.717) is 23.7 Å². The van der Waals surface area contributed by atoms with Gasteiger partial charge >= 0.3 is 0 Å². The highest BCUT2D eigenvalue weighted by atomic mass is 16.5. The summed E-state index contributed by atoms with van der Waals surface area (Å²) in [6.07, 6.45) is 3.41. The van der Waals surface area contributed by atoms with Crippen molar-refractivity contribution in [3.63, 3.8) is 0 Å². The molecule has 2 heterocycles. The van der Waals surface area contributed by atoms with E-state index in [9.17, 15) is 4.79 Å². The number of aromatic nitrogens is 3. The predicted molar refractivity (Wildman–Crippen MR) is 90.4 cm³/mol. The molecule has 0 radical (unpaired) electrons. The quantitative estimate of drug-likeness (QED) is 0.721. The van der Waals surface area contributed by atoms with E-state index in [0.717, 1.165) is 11.1 Å². The standard InChI is InChI=1S/C18H17N3O3/c1-23-16-7-5-14(10-17(16)24-2)15-6-8-18(22)21(20-15)12-13-4-3-9-19-11-13/h3-11H,12H2,1-2H3. The summed E-state index contributed by atoms with van der Waals surface area (Å²) in [4.78, 5) is 16.1. The summed E-state index contributed by atoms with van der Waals surface area (Å²) in [7, 11) is 3.17. The van der Waals surface area contributed by atoms with Crippen LogP contribution in [-0.4, -0.2) is 29.0 Å². The highest BCUT2D eigenvalue weighted by Crippen LogP contribution is 2.31. The summed E-state index contributed by atoms with van der Waals surface area (Å²) in [6.45, 7) is 0.369. The molecule has 2 aromatic heterocycles. The summed E-state index contributed by atoms with van der Waals surface area (Å²) in [5.41, 5.74) is 2.27. The molecule has 0 aliphatic heterocycles. The Kier molecular flexibility index (Phi) is 4.56. The van der Waals surface area contributed by atoms with Crippen LogP contribution in [0.25, 0.3) is 11.3 Å². The average molecular weight is 323 g/mol. The third-order valence-electron chi connectivity index (χ3n) is 3.60. The first kappa shape index (κ1) is 15.7. The van der Waals surface area contributed by atoms with Gasteiger partial charge in [0.05, 0.1) is 26.5 Å². The normalized spacial score (nSPS) is 10.4. The second-order valence-electron chi connectivity index (χ2n) is 5.15. The van der Waals surface area contributed by atoms with Crippen molar-refractivity contribution in [3.05, 3.63) is 70.8 Å². The molecule has 0 spiro atoms. The third-order valence-corrected chi connectivity index (χ3v) is 3.60. The van der Waals surface area contributed by atoms with Gasteiger partial charge in [0.1, 0.15) is 0 Å². The molecule has 0 fully saturated rings. The highest BCUT2D eigenvalue weighted by molar-refractivity contribution is 5.63. The van der Waals surface area contributed by atoms with Crippen LogP contribution in [0.3, 0.4) is 0 Å². The van der Waals surface area contributed by atoms with Gasteiger partial charge in [-0.15, -0.1) is 0 Å². The largest absolute Gasteiger partial charge is 0.493 e. The van der Waals surface area contributed by atoms with Crippen LogP contribution in [0.2, 0.25) is 0 Å². The van der Waals surface area contributed by atoms with E-state index in [1.807, 2.05) is 30.3 Å². The Labute approximate surface area is 139 Å². The van der Waals surface area contributed by atoms with Crippen molar-refractivity contribution < 1.29 is 9.47 Å². The van der Waals surface area contributed by atoms with Crippen molar-refractivity contribution in [2.45, 2.75) is 6.54 Å². The lowest BCUT2D eigenvalue weighted by molar-refractivity contribution is 0.355. The number of benzene rings is 1. The van der Waals surface area contributed by atoms with Gasteiger partial charge in [-0.3, -0.25) is 9.78 Å². The Morgan fingerprint density at radius 3 is 2.58 bits per heavy atom. The number of nitrogens with zero attached hydrogens (tertiary/aromatic N) is 3. The molecule has 122 valence electrons. The number of methoxy groups -OCH3 is 2. The number of hydrogen-bond acceptors (Lipinski definition) is 5. The number of pyridine rings is 1. The van der Waals surface area contributed by atoms with Gasteiger partial charge in [0.15, 0.2) is 11.5 Å². The van der Waals surface area contributed by atoms with Crippen molar-refractivity contribution in [1.29, 1.82) is 0 Å². The minimum Gasteiger partial charge on any atom is -0.493 e. The van der Waals surface area contributed by atoms with Crippen molar-refractivity contribution in [3.8, 4) is 22.8 Å². The van der Waals surface area contributed by atoms with E-state index in [1.54, 1.807) is 32.7 Å². The highest BCUT2D eigenvalue weighted by Gasteiger charge is 2.09. The Morgan fingerprint density at radius 1 is 1.04 bits per heavy atom. The molecule has 0 N–H and O–H groups in total. The molecule has 3 rings (SSSR count). The van der Waals surface area contributed by atoms with Gasteiger partial charge < -0.3 is 9.47 Å². The fourth-order valence-corrected chi connectivity index (χ4v) is 2.38. The van der Waals surface area contributed by atoms with Gasteiger partial charge in [-0.2, -0.15) is 5.10 Å². The molecule has 0 unspecified atom stereocenters. The zero-order valence-electron chi connectivity index (χ0n) is 13.5. The zero-order chi connectivity index (χ0) is 16.9. The van der Waals surface area contributed by atoms with Gasteiger partial charge in [0, 0.05) is 24.0 Å². The third kappa shape index (κ3) is 3.27. The minimum atomic E-state index is -0.164. The van der Waals surface area contributed by atoms with Crippen molar-refractivity contribution in [2.75, 3.05) is 14.2 Å². The summed E-state index contributed by atoms with van der Waals surface area (Å²) in [5, 5.41) is 4.45. The Bertz CT molecular complexity index is 892. The van der Waals surface area contributed by atoms with Gasteiger partial charge in [-0.05, 0) is 35.9 Å². The number of hydrogen-bond donors (Lipinski definition) is 0. The van der Waals surface area contributed by atoms with Crippen LogP contribution < -0.4 is 15.0 Å². The monoisotopic (exact) mass is 323 g/mol. The Morgan fingerprint density at radius 2 is 1.88 bits per heavy atom. The smallest absolute Gasteiger partial charge is 0.267 e. The first-order valence-corrected chi connectivity index (χ1v) is 7.40. The van der Waals surface area contributed by atoms with E-state index in [2.05, 4.69) is 10.1 Å². The summed E-state index contributed by atoms with van der Waals surface area (Å²) in [5.74, 6) is 1.26.